The van der Waals surface area contributed by atoms with Crippen LogP contribution in [0, 0.1) is 19.3 Å². The summed E-state index contributed by atoms with van der Waals surface area (Å²) in [5.74, 6) is -1.15. The number of carboxylic acids is 1. The van der Waals surface area contributed by atoms with Crippen molar-refractivity contribution in [2.75, 3.05) is 0 Å². The van der Waals surface area contributed by atoms with Crippen LogP contribution in [0.1, 0.15) is 74.2 Å². The van der Waals surface area contributed by atoms with E-state index in [2.05, 4.69) is 44.8 Å². The van der Waals surface area contributed by atoms with E-state index in [1.807, 2.05) is 6.92 Å². The van der Waals surface area contributed by atoms with Crippen molar-refractivity contribution in [2.24, 2.45) is 0 Å². The summed E-state index contributed by atoms with van der Waals surface area (Å²) in [7, 11) is 0. The molecule has 0 fully saturated rings. The van der Waals surface area contributed by atoms with E-state index in [1.54, 1.807) is 0 Å². The number of rotatable bonds is 8. The Hall–Kier alpha value is -2.36. The fourth-order valence-corrected chi connectivity index (χ4v) is 3.79. The molecule has 0 aromatic heterocycles. The van der Waals surface area contributed by atoms with Gasteiger partial charge in [-0.15, -0.1) is 0 Å². The molecule has 1 unspecified atom stereocenters. The lowest BCUT2D eigenvalue weighted by Crippen LogP contribution is -2.24. The molecule has 2 rings (SSSR count). The van der Waals surface area contributed by atoms with E-state index in [4.69, 9.17) is 5.41 Å². The summed E-state index contributed by atoms with van der Waals surface area (Å²) >= 11 is 0. The van der Waals surface area contributed by atoms with Crippen LogP contribution in [-0.2, 0) is 4.79 Å². The van der Waals surface area contributed by atoms with Gasteiger partial charge in [0.2, 0.25) is 0 Å². The number of hydrogen-bond acceptors (Lipinski definition) is 3. The van der Waals surface area contributed by atoms with Gasteiger partial charge in [0, 0.05) is 11.3 Å². The Bertz CT molecular complexity index is 775. The van der Waals surface area contributed by atoms with Gasteiger partial charge in [0.25, 0.3) is 0 Å². The molecule has 1 aromatic rings. The summed E-state index contributed by atoms with van der Waals surface area (Å²) in [6, 6.07) is 4.42. The van der Waals surface area contributed by atoms with Crippen molar-refractivity contribution in [3.63, 3.8) is 0 Å². The fraction of sp³-hybridized carbons (Fsp3) is 0.455. The van der Waals surface area contributed by atoms with Gasteiger partial charge in [0.1, 0.15) is 5.71 Å². The Morgan fingerprint density at radius 2 is 2.00 bits per heavy atom. The van der Waals surface area contributed by atoms with Gasteiger partial charge in [-0.05, 0) is 68.7 Å². The number of nitrogens with one attached hydrogen (secondary N) is 2. The zero-order valence-corrected chi connectivity index (χ0v) is 16.3. The fourth-order valence-electron chi connectivity index (χ4n) is 3.79. The van der Waals surface area contributed by atoms with Crippen molar-refractivity contribution in [1.82, 2.24) is 5.32 Å². The van der Waals surface area contributed by atoms with Gasteiger partial charge in [-0.3, -0.25) is 5.41 Å². The second-order valence-corrected chi connectivity index (χ2v) is 7.21. The van der Waals surface area contributed by atoms with E-state index in [9.17, 15) is 9.90 Å². The van der Waals surface area contributed by atoms with Gasteiger partial charge in [-0.1, -0.05) is 37.6 Å². The molecule has 0 radical (unpaired) electrons. The lowest BCUT2D eigenvalue weighted by atomic mass is 9.90. The second kappa shape index (κ2) is 8.35. The highest BCUT2D eigenvalue weighted by atomic mass is 16.4. The van der Waals surface area contributed by atoms with Gasteiger partial charge >= 0.3 is 5.97 Å². The molecule has 0 heterocycles. The van der Waals surface area contributed by atoms with Crippen molar-refractivity contribution < 1.29 is 9.90 Å². The number of aliphatic carboxylic acids is 1. The van der Waals surface area contributed by atoms with Crippen molar-refractivity contribution in [2.45, 2.75) is 65.8 Å². The number of benzene rings is 1. The summed E-state index contributed by atoms with van der Waals surface area (Å²) in [5.41, 5.74) is 7.31. The molecule has 0 bridgehead atoms. The molecule has 0 amide bonds. The Labute approximate surface area is 156 Å². The smallest absolute Gasteiger partial charge is 0.354 e. The molecule has 0 saturated carbocycles. The minimum Gasteiger partial charge on any atom is -0.477 e. The maximum absolute atomic E-state index is 11.2. The minimum absolute atomic E-state index is 0.127. The third-order valence-corrected chi connectivity index (χ3v) is 5.32. The van der Waals surface area contributed by atoms with Crippen LogP contribution in [0.5, 0.6) is 0 Å². The minimum atomic E-state index is -1.15. The highest BCUT2D eigenvalue weighted by molar-refractivity contribution is 6.41. The summed E-state index contributed by atoms with van der Waals surface area (Å²) in [6.07, 6.45) is 4.37. The Balaban J connectivity index is 2.40. The molecule has 1 atom stereocenters. The molecular weight excluding hydrogens is 324 g/mol. The zero-order valence-electron chi connectivity index (χ0n) is 16.3. The molecule has 26 heavy (non-hydrogen) atoms. The first-order valence-corrected chi connectivity index (χ1v) is 9.34. The first-order chi connectivity index (χ1) is 12.3. The first kappa shape index (κ1) is 20.0. The zero-order chi connectivity index (χ0) is 19.4. The van der Waals surface area contributed by atoms with Crippen LogP contribution in [-0.4, -0.2) is 16.8 Å². The van der Waals surface area contributed by atoms with Crippen molar-refractivity contribution in [3.05, 3.63) is 52.2 Å². The molecule has 1 aliphatic rings. The van der Waals surface area contributed by atoms with E-state index < -0.39 is 5.97 Å². The highest BCUT2D eigenvalue weighted by Crippen LogP contribution is 2.32. The summed E-state index contributed by atoms with van der Waals surface area (Å²) < 4.78 is 0. The third kappa shape index (κ3) is 4.06. The standard InChI is InChI=1S/C22H30N2O2/c1-6-8-19(17-12-11-16(13(2)3)14(4)15(17)5)24-20-10-7-9-18(20)21(23)22(25)26/h11-12,19,23-24H,2,6-10H2,1,3-5H3,(H,25,26). The molecule has 4 nitrogen and oxygen atoms in total. The van der Waals surface area contributed by atoms with Crippen LogP contribution in [0.2, 0.25) is 0 Å². The lowest BCUT2D eigenvalue weighted by Gasteiger charge is -2.25. The van der Waals surface area contributed by atoms with Crippen LogP contribution < -0.4 is 5.32 Å². The highest BCUT2D eigenvalue weighted by Gasteiger charge is 2.25. The molecule has 0 aliphatic heterocycles. The summed E-state index contributed by atoms with van der Waals surface area (Å²) in [6.45, 7) is 12.5. The van der Waals surface area contributed by atoms with Crippen LogP contribution in [0.3, 0.4) is 0 Å². The van der Waals surface area contributed by atoms with Crippen LogP contribution in [0.4, 0.5) is 0 Å². The van der Waals surface area contributed by atoms with Gasteiger partial charge in [0.05, 0.1) is 6.04 Å². The van der Waals surface area contributed by atoms with Gasteiger partial charge < -0.3 is 10.4 Å². The van der Waals surface area contributed by atoms with E-state index in [0.29, 0.717) is 12.0 Å². The third-order valence-electron chi connectivity index (χ3n) is 5.32. The topological polar surface area (TPSA) is 73.2 Å². The number of hydrogen-bond donors (Lipinski definition) is 3. The summed E-state index contributed by atoms with van der Waals surface area (Å²) in [4.78, 5) is 11.2. The number of allylic oxidation sites excluding steroid dienone is 2. The maximum Gasteiger partial charge on any atom is 0.354 e. The maximum atomic E-state index is 11.2. The Morgan fingerprint density at radius 3 is 2.58 bits per heavy atom. The number of carbonyl (C=O) groups is 1. The molecule has 1 aliphatic carbocycles. The monoisotopic (exact) mass is 354 g/mol. The molecule has 0 spiro atoms. The summed E-state index contributed by atoms with van der Waals surface area (Å²) in [5, 5.41) is 20.6. The van der Waals surface area contributed by atoms with Crippen LogP contribution in [0.15, 0.2) is 30.0 Å². The van der Waals surface area contributed by atoms with Gasteiger partial charge in [0.15, 0.2) is 0 Å². The van der Waals surface area contributed by atoms with E-state index >= 15 is 0 Å². The Kier molecular flexibility index (Phi) is 6.41. The second-order valence-electron chi connectivity index (χ2n) is 7.21. The molecule has 4 heteroatoms. The molecule has 0 saturated heterocycles. The quantitative estimate of drug-likeness (QED) is 0.554. The SMILES string of the molecule is C=C(C)c1ccc(C(CCC)NC2=C(C(=N)C(=O)O)CCC2)c(C)c1C. The van der Waals surface area contributed by atoms with E-state index in [1.165, 1.54) is 22.3 Å². The van der Waals surface area contributed by atoms with Gasteiger partial charge in [-0.2, -0.15) is 0 Å². The predicted molar refractivity (Wildman–Crippen MR) is 108 cm³/mol. The van der Waals surface area contributed by atoms with Crippen LogP contribution in [0.25, 0.3) is 5.57 Å². The normalized spacial score (nSPS) is 15.1. The predicted octanol–water partition coefficient (Wildman–Crippen LogP) is 5.31. The molecule has 3 N–H and O–H groups in total. The van der Waals surface area contributed by atoms with E-state index in [0.717, 1.165) is 37.0 Å². The number of carboxylic acid groups (broad SMARTS) is 1. The van der Waals surface area contributed by atoms with Crippen LogP contribution >= 0.6 is 0 Å². The average molecular weight is 354 g/mol. The Morgan fingerprint density at radius 1 is 1.31 bits per heavy atom. The molecule has 140 valence electrons. The van der Waals surface area contributed by atoms with E-state index in [-0.39, 0.29) is 11.8 Å². The van der Waals surface area contributed by atoms with Crippen molar-refractivity contribution >= 4 is 17.3 Å². The lowest BCUT2D eigenvalue weighted by molar-refractivity contribution is -0.129. The molecule has 1 aromatic carbocycles. The first-order valence-electron chi connectivity index (χ1n) is 9.34. The van der Waals surface area contributed by atoms with Crippen molar-refractivity contribution in [3.8, 4) is 0 Å². The molecular formula is C22H30N2O2. The van der Waals surface area contributed by atoms with Gasteiger partial charge in [-0.25, -0.2) is 4.79 Å². The largest absolute Gasteiger partial charge is 0.477 e. The average Bonchev–Trinajstić information content (AvgIpc) is 3.03. The van der Waals surface area contributed by atoms with Crippen molar-refractivity contribution in [1.29, 1.82) is 5.41 Å².